The predicted molar refractivity (Wildman–Crippen MR) is 94.8 cm³/mol. The molecule has 7 nitrogen and oxygen atoms in total. The van der Waals surface area contributed by atoms with Crippen LogP contribution in [0.5, 0.6) is 5.75 Å². The minimum Gasteiger partial charge on any atom is -0.483 e. The van der Waals surface area contributed by atoms with Gasteiger partial charge in [0, 0.05) is 18.7 Å². The van der Waals surface area contributed by atoms with Crippen molar-refractivity contribution in [2.24, 2.45) is 0 Å². The fourth-order valence-electron chi connectivity index (χ4n) is 1.96. The lowest BCUT2D eigenvalue weighted by Crippen LogP contribution is -2.33. The summed E-state index contributed by atoms with van der Waals surface area (Å²) in [6.07, 6.45) is -4.67. The molecular weight excluding hydrogens is 379 g/mol. The van der Waals surface area contributed by atoms with Gasteiger partial charge in [-0.15, -0.1) is 0 Å². The van der Waals surface area contributed by atoms with Crippen LogP contribution in [0.1, 0.15) is 39.2 Å². The van der Waals surface area contributed by atoms with Crippen LogP contribution in [-0.4, -0.2) is 36.9 Å². The summed E-state index contributed by atoms with van der Waals surface area (Å²) in [6, 6.07) is 5.47. The van der Waals surface area contributed by atoms with Gasteiger partial charge in [-0.1, -0.05) is 0 Å². The SMILES string of the molecule is CC(C)(C)OC(=O)NCCCC(=O)Nc1ccc(OCC(F)(F)F)c(C#N)c1. The number of rotatable bonds is 7. The van der Waals surface area contributed by atoms with E-state index in [-0.39, 0.29) is 35.9 Å². The zero-order valence-electron chi connectivity index (χ0n) is 15.8. The third-order valence-electron chi connectivity index (χ3n) is 3.02. The van der Waals surface area contributed by atoms with Crippen LogP contribution < -0.4 is 15.4 Å². The molecule has 0 fully saturated rings. The number of nitriles is 1. The molecular formula is C18H22F3N3O4. The average Bonchev–Trinajstić information content (AvgIpc) is 2.55. The van der Waals surface area contributed by atoms with E-state index in [2.05, 4.69) is 15.4 Å². The lowest BCUT2D eigenvalue weighted by atomic mass is 10.2. The third-order valence-corrected chi connectivity index (χ3v) is 3.02. The zero-order valence-corrected chi connectivity index (χ0v) is 15.8. The fourth-order valence-corrected chi connectivity index (χ4v) is 1.96. The number of carbonyl (C=O) groups is 2. The van der Waals surface area contributed by atoms with E-state index in [1.807, 2.05) is 0 Å². The molecule has 0 aliphatic heterocycles. The van der Waals surface area contributed by atoms with E-state index in [9.17, 15) is 22.8 Å². The van der Waals surface area contributed by atoms with Gasteiger partial charge in [-0.05, 0) is 45.4 Å². The summed E-state index contributed by atoms with van der Waals surface area (Å²) < 4.78 is 46.3. The number of alkyl halides is 3. The van der Waals surface area contributed by atoms with Gasteiger partial charge in [0.25, 0.3) is 0 Å². The number of alkyl carbamates (subject to hydrolysis) is 1. The largest absolute Gasteiger partial charge is 0.483 e. The van der Waals surface area contributed by atoms with Crippen molar-refractivity contribution in [2.45, 2.75) is 45.4 Å². The van der Waals surface area contributed by atoms with Crippen LogP contribution in [0.2, 0.25) is 0 Å². The number of halogens is 3. The van der Waals surface area contributed by atoms with Crippen LogP contribution in [0, 0.1) is 11.3 Å². The van der Waals surface area contributed by atoms with Gasteiger partial charge in [-0.2, -0.15) is 18.4 Å². The molecule has 28 heavy (non-hydrogen) atoms. The summed E-state index contributed by atoms with van der Waals surface area (Å²) in [5, 5.41) is 14.1. The van der Waals surface area contributed by atoms with Gasteiger partial charge in [0.1, 0.15) is 17.4 Å². The molecule has 0 heterocycles. The Morgan fingerprint density at radius 1 is 1.21 bits per heavy atom. The Labute approximate surface area is 160 Å². The second-order valence-corrected chi connectivity index (χ2v) is 6.81. The minimum atomic E-state index is -4.52. The maximum atomic E-state index is 12.2. The Kier molecular flexibility index (Phi) is 8.10. The molecule has 1 aromatic carbocycles. The highest BCUT2D eigenvalue weighted by molar-refractivity contribution is 5.91. The number of hydrogen-bond acceptors (Lipinski definition) is 5. The van der Waals surface area contributed by atoms with E-state index in [1.54, 1.807) is 26.8 Å². The summed E-state index contributed by atoms with van der Waals surface area (Å²) in [7, 11) is 0. The van der Waals surface area contributed by atoms with Crippen molar-refractivity contribution in [3.8, 4) is 11.8 Å². The first-order chi connectivity index (χ1) is 12.9. The highest BCUT2D eigenvalue weighted by atomic mass is 19.4. The Hall–Kier alpha value is -2.96. The van der Waals surface area contributed by atoms with Gasteiger partial charge in [0.2, 0.25) is 5.91 Å². The summed E-state index contributed by atoms with van der Waals surface area (Å²) >= 11 is 0. The van der Waals surface area contributed by atoms with E-state index in [1.165, 1.54) is 18.2 Å². The van der Waals surface area contributed by atoms with E-state index >= 15 is 0 Å². The van der Waals surface area contributed by atoms with Crippen molar-refractivity contribution in [3.05, 3.63) is 23.8 Å². The lowest BCUT2D eigenvalue weighted by molar-refractivity contribution is -0.153. The van der Waals surface area contributed by atoms with Crippen molar-refractivity contribution in [2.75, 3.05) is 18.5 Å². The molecule has 0 spiro atoms. The van der Waals surface area contributed by atoms with Crippen LogP contribution in [-0.2, 0) is 9.53 Å². The molecule has 0 unspecified atom stereocenters. The first-order valence-corrected chi connectivity index (χ1v) is 8.40. The number of benzene rings is 1. The Balaban J connectivity index is 2.47. The van der Waals surface area contributed by atoms with Crippen LogP contribution in [0.3, 0.4) is 0 Å². The smallest absolute Gasteiger partial charge is 0.422 e. The van der Waals surface area contributed by atoms with E-state index < -0.39 is 24.5 Å². The normalized spacial score (nSPS) is 11.3. The number of anilines is 1. The predicted octanol–water partition coefficient (Wildman–Crippen LogP) is 3.74. The molecule has 0 aliphatic rings. The standard InChI is InChI=1S/C18H22F3N3O4/c1-17(2,3)28-16(26)23-8-4-5-15(25)24-13-6-7-14(12(9-13)10-22)27-11-18(19,20)21/h6-7,9H,4-5,8,11H2,1-3H3,(H,23,26)(H,24,25). The molecule has 1 aromatic rings. The highest BCUT2D eigenvalue weighted by Gasteiger charge is 2.28. The van der Waals surface area contributed by atoms with Gasteiger partial charge >= 0.3 is 12.3 Å². The molecule has 10 heteroatoms. The molecule has 0 bridgehead atoms. The van der Waals surface area contributed by atoms with Crippen molar-refractivity contribution < 1.29 is 32.2 Å². The van der Waals surface area contributed by atoms with Gasteiger partial charge in [-0.3, -0.25) is 4.79 Å². The summed E-state index contributed by atoms with van der Waals surface area (Å²) in [5.74, 6) is -0.599. The molecule has 0 radical (unpaired) electrons. The van der Waals surface area contributed by atoms with Crippen LogP contribution >= 0.6 is 0 Å². The Morgan fingerprint density at radius 2 is 1.89 bits per heavy atom. The number of amides is 2. The molecule has 154 valence electrons. The lowest BCUT2D eigenvalue weighted by Gasteiger charge is -2.19. The maximum absolute atomic E-state index is 12.2. The molecule has 2 N–H and O–H groups in total. The molecule has 2 amide bonds. The van der Waals surface area contributed by atoms with Crippen molar-refractivity contribution in [1.82, 2.24) is 5.32 Å². The first-order valence-electron chi connectivity index (χ1n) is 8.40. The molecule has 0 aromatic heterocycles. The van der Waals surface area contributed by atoms with Gasteiger partial charge < -0.3 is 20.1 Å². The summed E-state index contributed by atoms with van der Waals surface area (Å²) in [6.45, 7) is 3.91. The minimum absolute atomic E-state index is 0.0873. The van der Waals surface area contributed by atoms with Crippen LogP contribution in [0.4, 0.5) is 23.7 Å². The Morgan fingerprint density at radius 3 is 2.46 bits per heavy atom. The topological polar surface area (TPSA) is 100 Å². The number of nitrogens with zero attached hydrogens (tertiary/aromatic N) is 1. The number of hydrogen-bond donors (Lipinski definition) is 2. The van der Waals surface area contributed by atoms with Crippen LogP contribution in [0.15, 0.2) is 18.2 Å². The van der Waals surface area contributed by atoms with Crippen molar-refractivity contribution in [1.29, 1.82) is 5.26 Å². The average molecular weight is 401 g/mol. The molecule has 1 rings (SSSR count). The molecule has 0 aliphatic carbocycles. The number of carbonyl (C=O) groups excluding carboxylic acids is 2. The molecule has 0 saturated heterocycles. The third kappa shape index (κ3) is 9.66. The summed E-state index contributed by atoms with van der Waals surface area (Å²) in [5.41, 5.74) is -0.495. The van der Waals surface area contributed by atoms with E-state index in [4.69, 9.17) is 10.00 Å². The van der Waals surface area contributed by atoms with Crippen LogP contribution in [0.25, 0.3) is 0 Å². The van der Waals surface area contributed by atoms with Crippen molar-refractivity contribution in [3.63, 3.8) is 0 Å². The fraction of sp³-hybridized carbons (Fsp3) is 0.500. The van der Waals surface area contributed by atoms with Gasteiger partial charge in [0.05, 0.1) is 5.56 Å². The van der Waals surface area contributed by atoms with Gasteiger partial charge in [-0.25, -0.2) is 4.79 Å². The Bertz CT molecular complexity index is 737. The second kappa shape index (κ2) is 9.82. The molecule has 0 atom stereocenters. The van der Waals surface area contributed by atoms with Crippen molar-refractivity contribution >= 4 is 17.7 Å². The quantitative estimate of drug-likeness (QED) is 0.678. The second-order valence-electron chi connectivity index (χ2n) is 6.81. The zero-order chi connectivity index (χ0) is 21.4. The van der Waals surface area contributed by atoms with E-state index in [0.29, 0.717) is 6.42 Å². The molecule has 0 saturated carbocycles. The number of ether oxygens (including phenoxy) is 2. The highest BCUT2D eigenvalue weighted by Crippen LogP contribution is 2.25. The maximum Gasteiger partial charge on any atom is 0.422 e. The summed E-state index contributed by atoms with van der Waals surface area (Å²) in [4.78, 5) is 23.4. The first kappa shape index (κ1) is 23.1. The number of nitrogens with one attached hydrogen (secondary N) is 2. The van der Waals surface area contributed by atoms with Gasteiger partial charge in [0.15, 0.2) is 6.61 Å². The monoisotopic (exact) mass is 401 g/mol. The van der Waals surface area contributed by atoms with E-state index in [0.717, 1.165) is 0 Å².